The smallest absolute Gasteiger partial charge is 0.365 e. The Bertz CT molecular complexity index is 406. The lowest BCUT2D eigenvalue weighted by molar-refractivity contribution is 0.0696. The molecule has 96 valence electrons. The molecule has 7 heteroatoms. The Labute approximate surface area is 107 Å². The lowest BCUT2D eigenvalue weighted by Gasteiger charge is -2.11. The second kappa shape index (κ2) is 6.83. The van der Waals surface area contributed by atoms with Gasteiger partial charge in [0, 0.05) is 40.8 Å². The molecule has 0 aromatic carbocycles. The molecule has 0 fully saturated rings. The van der Waals surface area contributed by atoms with Crippen LogP contribution in [-0.4, -0.2) is 38.3 Å². The van der Waals surface area contributed by atoms with Crippen LogP contribution < -0.4 is 5.32 Å². The van der Waals surface area contributed by atoms with Gasteiger partial charge in [0.25, 0.3) is 0 Å². The highest BCUT2D eigenvalue weighted by Gasteiger charge is 2.09. The first-order chi connectivity index (χ1) is 7.99. The van der Waals surface area contributed by atoms with E-state index in [-0.39, 0.29) is 11.0 Å². The van der Waals surface area contributed by atoms with Gasteiger partial charge in [0.1, 0.15) is 0 Å². The van der Waals surface area contributed by atoms with Crippen LogP contribution in [0.25, 0.3) is 0 Å². The Morgan fingerprint density at radius 2 is 2.41 bits per heavy atom. The molecular weight excluding hydrogens is 260 g/mol. The average Bonchev–Trinajstić information content (AvgIpc) is 2.72. The normalized spacial score (nSPS) is 14.5. The Morgan fingerprint density at radius 3 is 2.94 bits per heavy atom. The van der Waals surface area contributed by atoms with Crippen LogP contribution in [0.15, 0.2) is 5.38 Å². The lowest BCUT2D eigenvalue weighted by atomic mass is 10.2. The zero-order chi connectivity index (χ0) is 12.8. The minimum atomic E-state index is -0.990. The number of aromatic carboxylic acids is 1. The first-order valence-corrected chi connectivity index (χ1v) is 7.81. The van der Waals surface area contributed by atoms with Crippen molar-refractivity contribution in [3.05, 3.63) is 16.1 Å². The number of hydrogen-bond acceptors (Lipinski definition) is 5. The maximum Gasteiger partial charge on any atom is 0.365 e. The van der Waals surface area contributed by atoms with E-state index < -0.39 is 16.8 Å². The molecule has 0 saturated carbocycles. The topological polar surface area (TPSA) is 79.3 Å². The van der Waals surface area contributed by atoms with Gasteiger partial charge in [-0.15, -0.1) is 11.3 Å². The fourth-order valence-electron chi connectivity index (χ4n) is 1.21. The van der Waals surface area contributed by atoms with E-state index in [2.05, 4.69) is 10.3 Å². The van der Waals surface area contributed by atoms with Gasteiger partial charge in [-0.1, -0.05) is 0 Å². The number of rotatable bonds is 7. The summed E-state index contributed by atoms with van der Waals surface area (Å²) in [5.74, 6) is -0.318. The predicted molar refractivity (Wildman–Crippen MR) is 68.9 cm³/mol. The molecule has 5 nitrogen and oxygen atoms in total. The molecule has 1 rings (SSSR count). The van der Waals surface area contributed by atoms with E-state index in [1.54, 1.807) is 11.6 Å². The maximum atomic E-state index is 10.9. The molecule has 17 heavy (non-hydrogen) atoms. The number of nitrogens with zero attached hydrogens (tertiary/aromatic N) is 1. The van der Waals surface area contributed by atoms with E-state index in [0.717, 1.165) is 23.5 Å². The van der Waals surface area contributed by atoms with Gasteiger partial charge in [-0.3, -0.25) is 4.21 Å². The van der Waals surface area contributed by atoms with Crippen molar-refractivity contribution in [2.24, 2.45) is 0 Å². The van der Waals surface area contributed by atoms with Crippen molar-refractivity contribution in [1.82, 2.24) is 10.3 Å². The number of aromatic nitrogens is 1. The van der Waals surface area contributed by atoms with Gasteiger partial charge in [-0.25, -0.2) is 9.78 Å². The van der Waals surface area contributed by atoms with Crippen LogP contribution in [0.2, 0.25) is 0 Å². The molecule has 2 unspecified atom stereocenters. The monoisotopic (exact) mass is 276 g/mol. The highest BCUT2D eigenvalue weighted by atomic mass is 32.2. The number of thiazole rings is 1. The Hall–Kier alpha value is -0.790. The third-order valence-electron chi connectivity index (χ3n) is 2.20. The first-order valence-electron chi connectivity index (χ1n) is 5.20. The number of carboxylic acid groups (broad SMARTS) is 1. The molecule has 2 atom stereocenters. The summed E-state index contributed by atoms with van der Waals surface area (Å²) in [5.41, 5.74) is 0.733. The van der Waals surface area contributed by atoms with Gasteiger partial charge in [0.05, 0.1) is 5.69 Å². The van der Waals surface area contributed by atoms with Gasteiger partial charge < -0.3 is 10.4 Å². The molecule has 1 aromatic rings. The highest BCUT2D eigenvalue weighted by molar-refractivity contribution is 7.84. The summed E-state index contributed by atoms with van der Waals surface area (Å²) in [6.45, 7) is 2.55. The van der Waals surface area contributed by atoms with Crippen molar-refractivity contribution in [3.63, 3.8) is 0 Å². The van der Waals surface area contributed by atoms with E-state index >= 15 is 0 Å². The summed E-state index contributed by atoms with van der Waals surface area (Å²) in [6, 6.07) is 0.244. The predicted octanol–water partition coefficient (Wildman–Crippen LogP) is 1.09. The molecule has 0 amide bonds. The van der Waals surface area contributed by atoms with Crippen molar-refractivity contribution in [2.45, 2.75) is 25.9 Å². The van der Waals surface area contributed by atoms with E-state index in [1.165, 1.54) is 0 Å². The first kappa shape index (κ1) is 14.3. The Kier molecular flexibility index (Phi) is 5.73. The van der Waals surface area contributed by atoms with Crippen LogP contribution in [0.5, 0.6) is 0 Å². The molecule has 0 spiro atoms. The van der Waals surface area contributed by atoms with E-state index in [1.807, 2.05) is 6.92 Å². The molecule has 0 radical (unpaired) electrons. The summed E-state index contributed by atoms with van der Waals surface area (Å²) in [5, 5.41) is 13.8. The third kappa shape index (κ3) is 5.38. The van der Waals surface area contributed by atoms with Crippen molar-refractivity contribution in [3.8, 4) is 0 Å². The summed E-state index contributed by atoms with van der Waals surface area (Å²) < 4.78 is 10.9. The minimum absolute atomic E-state index is 0.115. The van der Waals surface area contributed by atoms with Crippen molar-refractivity contribution in [1.29, 1.82) is 0 Å². The van der Waals surface area contributed by atoms with E-state index in [9.17, 15) is 9.00 Å². The Morgan fingerprint density at radius 1 is 1.71 bits per heavy atom. The summed E-state index contributed by atoms with van der Waals surface area (Å²) in [7, 11) is -0.768. The molecular formula is C10H16N2O3S2. The fraction of sp³-hybridized carbons (Fsp3) is 0.600. The standard InChI is InChI=1S/C10H16N2O3S2/c1-7(3-4-17(2)15)11-5-8-6-16-9(12-8)10(13)14/h6-7,11H,3-5H2,1-2H3,(H,13,14). The number of carbonyl (C=O) groups is 1. The molecule has 0 bridgehead atoms. The molecule has 0 aliphatic heterocycles. The largest absolute Gasteiger partial charge is 0.476 e. The Balaban J connectivity index is 2.34. The van der Waals surface area contributed by atoms with Crippen LogP contribution in [0.1, 0.15) is 28.8 Å². The summed E-state index contributed by atoms with van der Waals surface area (Å²) in [6.07, 6.45) is 2.52. The van der Waals surface area contributed by atoms with E-state index in [0.29, 0.717) is 12.3 Å². The molecule has 0 saturated heterocycles. The lowest BCUT2D eigenvalue weighted by Crippen LogP contribution is -2.27. The average molecular weight is 276 g/mol. The summed E-state index contributed by atoms with van der Waals surface area (Å²) >= 11 is 1.13. The maximum absolute atomic E-state index is 10.9. The van der Waals surface area contributed by atoms with Crippen LogP contribution >= 0.6 is 11.3 Å². The molecule has 1 heterocycles. The molecule has 0 aliphatic rings. The van der Waals surface area contributed by atoms with Gasteiger partial charge >= 0.3 is 5.97 Å². The van der Waals surface area contributed by atoms with Crippen molar-refractivity contribution >= 4 is 28.1 Å². The number of hydrogen-bond donors (Lipinski definition) is 2. The van der Waals surface area contributed by atoms with Gasteiger partial charge in [-0.05, 0) is 13.3 Å². The molecule has 2 N–H and O–H groups in total. The minimum Gasteiger partial charge on any atom is -0.476 e. The molecule has 1 aromatic heterocycles. The van der Waals surface area contributed by atoms with Crippen LogP contribution in [0, 0.1) is 0 Å². The highest BCUT2D eigenvalue weighted by Crippen LogP contribution is 2.09. The third-order valence-corrected chi connectivity index (χ3v) is 3.89. The van der Waals surface area contributed by atoms with Crippen molar-refractivity contribution in [2.75, 3.05) is 12.0 Å². The van der Waals surface area contributed by atoms with Gasteiger partial charge in [0.2, 0.25) is 5.01 Å². The van der Waals surface area contributed by atoms with Crippen LogP contribution in [0.4, 0.5) is 0 Å². The summed E-state index contributed by atoms with van der Waals surface area (Å²) in [4.78, 5) is 14.6. The van der Waals surface area contributed by atoms with Gasteiger partial charge in [-0.2, -0.15) is 0 Å². The van der Waals surface area contributed by atoms with Crippen molar-refractivity contribution < 1.29 is 14.1 Å². The fourth-order valence-corrected chi connectivity index (χ4v) is 2.55. The van der Waals surface area contributed by atoms with Crippen LogP contribution in [0.3, 0.4) is 0 Å². The second-order valence-corrected chi connectivity index (χ2v) is 6.21. The van der Waals surface area contributed by atoms with Crippen LogP contribution in [-0.2, 0) is 17.3 Å². The van der Waals surface area contributed by atoms with Gasteiger partial charge in [0.15, 0.2) is 0 Å². The SMILES string of the molecule is CC(CCS(C)=O)NCc1csc(C(=O)O)n1. The zero-order valence-electron chi connectivity index (χ0n) is 9.80. The zero-order valence-corrected chi connectivity index (χ0v) is 11.4. The quantitative estimate of drug-likeness (QED) is 0.779. The second-order valence-electron chi connectivity index (χ2n) is 3.80. The van der Waals surface area contributed by atoms with E-state index in [4.69, 9.17) is 5.11 Å². The number of carboxylic acids is 1. The molecule has 0 aliphatic carbocycles. The number of nitrogens with one attached hydrogen (secondary N) is 1.